The molecule has 0 radical (unpaired) electrons. The molecule has 0 aromatic carbocycles. The lowest BCUT2D eigenvalue weighted by molar-refractivity contribution is 0.305. The third-order valence-corrected chi connectivity index (χ3v) is 3.78. The minimum Gasteiger partial charge on any atom is -0.478 e. The summed E-state index contributed by atoms with van der Waals surface area (Å²) in [6.45, 7) is 7.29. The van der Waals surface area contributed by atoms with Crippen LogP contribution in [0.15, 0.2) is 23.3 Å². The van der Waals surface area contributed by atoms with Gasteiger partial charge < -0.3 is 15.4 Å². The molecule has 0 atom stereocenters. The fraction of sp³-hybridized carbons (Fsp3) is 0.647. The van der Waals surface area contributed by atoms with Crippen molar-refractivity contribution in [2.75, 3.05) is 31.7 Å². The SMILES string of the molecule is CCCOc1ccc(CN=C(NCC)NCCCCSC)cn1.I. The highest BCUT2D eigenvalue weighted by atomic mass is 127. The van der Waals surface area contributed by atoms with E-state index in [9.17, 15) is 0 Å². The van der Waals surface area contributed by atoms with E-state index < -0.39 is 0 Å². The van der Waals surface area contributed by atoms with Crippen molar-refractivity contribution in [1.29, 1.82) is 0 Å². The minimum absolute atomic E-state index is 0. The fourth-order valence-electron chi connectivity index (χ4n) is 1.89. The molecule has 0 saturated heterocycles. The summed E-state index contributed by atoms with van der Waals surface area (Å²) >= 11 is 1.89. The predicted octanol–water partition coefficient (Wildman–Crippen LogP) is 3.69. The second kappa shape index (κ2) is 15.8. The number of halogens is 1. The third-order valence-electron chi connectivity index (χ3n) is 3.08. The molecule has 0 aliphatic heterocycles. The van der Waals surface area contributed by atoms with Gasteiger partial charge in [0.1, 0.15) is 0 Å². The summed E-state index contributed by atoms with van der Waals surface area (Å²) in [5.41, 5.74) is 1.08. The Labute approximate surface area is 167 Å². The minimum atomic E-state index is 0. The number of hydrogen-bond donors (Lipinski definition) is 2. The number of hydrogen-bond acceptors (Lipinski definition) is 4. The lowest BCUT2D eigenvalue weighted by atomic mass is 10.3. The Morgan fingerprint density at radius 1 is 1.25 bits per heavy atom. The first-order chi connectivity index (χ1) is 11.3. The van der Waals surface area contributed by atoms with Gasteiger partial charge in [-0.1, -0.05) is 13.0 Å². The van der Waals surface area contributed by atoms with Crippen molar-refractivity contribution >= 4 is 41.7 Å². The number of guanidine groups is 1. The van der Waals surface area contributed by atoms with Crippen LogP contribution < -0.4 is 15.4 Å². The van der Waals surface area contributed by atoms with E-state index in [-0.39, 0.29) is 24.0 Å². The van der Waals surface area contributed by atoms with Crippen molar-refractivity contribution in [1.82, 2.24) is 15.6 Å². The summed E-state index contributed by atoms with van der Waals surface area (Å²) in [6.07, 6.45) is 7.36. The molecular weight excluding hydrogens is 435 g/mol. The molecule has 0 unspecified atom stereocenters. The lowest BCUT2D eigenvalue weighted by Gasteiger charge is -2.11. The van der Waals surface area contributed by atoms with Crippen LogP contribution in [0.3, 0.4) is 0 Å². The van der Waals surface area contributed by atoms with Gasteiger partial charge in [0, 0.05) is 25.4 Å². The van der Waals surface area contributed by atoms with Gasteiger partial charge in [-0.15, -0.1) is 24.0 Å². The highest BCUT2D eigenvalue weighted by molar-refractivity contribution is 14.0. The molecule has 0 spiro atoms. The number of ether oxygens (including phenoxy) is 1. The normalized spacial score (nSPS) is 10.9. The van der Waals surface area contributed by atoms with Crippen molar-refractivity contribution in [2.45, 2.75) is 39.7 Å². The van der Waals surface area contributed by atoms with Gasteiger partial charge >= 0.3 is 0 Å². The van der Waals surface area contributed by atoms with E-state index in [0.717, 1.165) is 37.5 Å². The van der Waals surface area contributed by atoms with Gasteiger partial charge in [0.15, 0.2) is 5.96 Å². The molecule has 0 saturated carbocycles. The third kappa shape index (κ3) is 11.0. The van der Waals surface area contributed by atoms with Crippen LogP contribution in [-0.4, -0.2) is 42.6 Å². The monoisotopic (exact) mass is 466 g/mol. The molecule has 0 aliphatic rings. The summed E-state index contributed by atoms with van der Waals surface area (Å²) in [5, 5.41) is 6.65. The van der Waals surface area contributed by atoms with Gasteiger partial charge in [0.05, 0.1) is 13.2 Å². The van der Waals surface area contributed by atoms with Gasteiger partial charge in [0.25, 0.3) is 0 Å². The molecule has 0 bridgehead atoms. The van der Waals surface area contributed by atoms with Gasteiger partial charge in [-0.25, -0.2) is 9.98 Å². The van der Waals surface area contributed by atoms with Gasteiger partial charge in [-0.2, -0.15) is 11.8 Å². The average molecular weight is 466 g/mol. The first-order valence-corrected chi connectivity index (χ1v) is 9.78. The van der Waals surface area contributed by atoms with Crippen LogP contribution >= 0.6 is 35.7 Å². The summed E-state index contributed by atoms with van der Waals surface area (Å²) in [6, 6.07) is 3.92. The highest BCUT2D eigenvalue weighted by Gasteiger charge is 1.99. The Kier molecular flexibility index (Phi) is 15.3. The van der Waals surface area contributed by atoms with E-state index in [0.29, 0.717) is 19.0 Å². The number of pyridine rings is 1. The van der Waals surface area contributed by atoms with Crippen molar-refractivity contribution < 1.29 is 4.74 Å². The number of nitrogens with zero attached hydrogens (tertiary/aromatic N) is 2. The van der Waals surface area contributed by atoms with Crippen LogP contribution in [0.25, 0.3) is 0 Å². The predicted molar refractivity (Wildman–Crippen MR) is 116 cm³/mol. The maximum absolute atomic E-state index is 5.49. The molecule has 24 heavy (non-hydrogen) atoms. The van der Waals surface area contributed by atoms with Crippen molar-refractivity contribution in [3.63, 3.8) is 0 Å². The maximum atomic E-state index is 5.49. The van der Waals surface area contributed by atoms with Gasteiger partial charge in [-0.05, 0) is 43.8 Å². The zero-order chi connectivity index (χ0) is 16.8. The number of unbranched alkanes of at least 4 members (excludes halogenated alkanes) is 1. The number of aromatic nitrogens is 1. The summed E-state index contributed by atoms with van der Waals surface area (Å²) in [7, 11) is 0. The summed E-state index contributed by atoms with van der Waals surface area (Å²) < 4.78 is 5.49. The van der Waals surface area contributed by atoms with Crippen molar-refractivity contribution in [3.05, 3.63) is 23.9 Å². The molecule has 7 heteroatoms. The molecular formula is C17H31IN4OS. The quantitative estimate of drug-likeness (QED) is 0.226. The van der Waals surface area contributed by atoms with Crippen LogP contribution in [0, 0.1) is 0 Å². The molecule has 1 aromatic heterocycles. The second-order valence-corrected chi connectivity index (χ2v) is 6.16. The maximum Gasteiger partial charge on any atom is 0.213 e. The molecule has 0 aliphatic carbocycles. The highest BCUT2D eigenvalue weighted by Crippen LogP contribution is 2.08. The van der Waals surface area contributed by atoms with E-state index in [1.165, 1.54) is 12.2 Å². The van der Waals surface area contributed by atoms with Crippen LogP contribution in [-0.2, 0) is 6.54 Å². The first-order valence-electron chi connectivity index (χ1n) is 8.39. The number of aliphatic imine (C=N–C) groups is 1. The average Bonchev–Trinajstić information content (AvgIpc) is 2.58. The number of thioether (sulfide) groups is 1. The topological polar surface area (TPSA) is 58.5 Å². The zero-order valence-corrected chi connectivity index (χ0v) is 18.2. The standard InChI is InChI=1S/C17H30N4OS.HI/c1-4-11-22-16-9-8-15(13-20-16)14-21-17(18-5-2)19-10-6-7-12-23-3;/h8-9,13H,4-7,10-12,14H2,1-3H3,(H2,18,19,21);1H. The summed E-state index contributed by atoms with van der Waals surface area (Å²) in [5.74, 6) is 2.76. The van der Waals surface area contributed by atoms with E-state index in [2.05, 4.69) is 40.7 Å². The van der Waals surface area contributed by atoms with Crippen LogP contribution in [0.4, 0.5) is 0 Å². The molecule has 5 nitrogen and oxygen atoms in total. The van der Waals surface area contributed by atoms with E-state index in [1.807, 2.05) is 30.1 Å². The smallest absolute Gasteiger partial charge is 0.213 e. The Bertz CT molecular complexity index is 443. The Morgan fingerprint density at radius 3 is 2.71 bits per heavy atom. The van der Waals surface area contributed by atoms with E-state index in [1.54, 1.807) is 0 Å². The number of rotatable bonds is 11. The zero-order valence-electron chi connectivity index (χ0n) is 15.0. The van der Waals surface area contributed by atoms with E-state index >= 15 is 0 Å². The molecule has 2 N–H and O–H groups in total. The molecule has 0 amide bonds. The molecule has 138 valence electrons. The van der Waals surface area contributed by atoms with Gasteiger partial charge in [-0.3, -0.25) is 0 Å². The Morgan fingerprint density at radius 2 is 2.08 bits per heavy atom. The van der Waals surface area contributed by atoms with Crippen LogP contribution in [0.2, 0.25) is 0 Å². The number of nitrogens with one attached hydrogen (secondary N) is 2. The second-order valence-electron chi connectivity index (χ2n) is 5.17. The first kappa shape index (κ1) is 23.3. The molecule has 1 rings (SSSR count). The van der Waals surface area contributed by atoms with Crippen molar-refractivity contribution in [2.24, 2.45) is 4.99 Å². The lowest BCUT2D eigenvalue weighted by Crippen LogP contribution is -2.37. The van der Waals surface area contributed by atoms with Gasteiger partial charge in [0.2, 0.25) is 5.88 Å². The molecule has 1 heterocycles. The van der Waals surface area contributed by atoms with E-state index in [4.69, 9.17) is 4.74 Å². The molecule has 1 aromatic rings. The fourth-order valence-corrected chi connectivity index (χ4v) is 2.38. The van der Waals surface area contributed by atoms with Crippen LogP contribution in [0.1, 0.15) is 38.7 Å². The summed E-state index contributed by atoms with van der Waals surface area (Å²) in [4.78, 5) is 8.90. The Hall–Kier alpha value is -0.700. The van der Waals surface area contributed by atoms with Crippen molar-refractivity contribution in [3.8, 4) is 5.88 Å². The largest absolute Gasteiger partial charge is 0.478 e. The Balaban J connectivity index is 0.00000529. The molecule has 0 fully saturated rings. The van der Waals surface area contributed by atoms with Crippen LogP contribution in [0.5, 0.6) is 5.88 Å².